The van der Waals surface area contributed by atoms with Crippen molar-refractivity contribution in [3.63, 3.8) is 0 Å². The molecule has 0 atom stereocenters. The summed E-state index contributed by atoms with van der Waals surface area (Å²) in [7, 11) is 0. The van der Waals surface area contributed by atoms with Gasteiger partial charge in [0, 0.05) is 5.69 Å². The zero-order chi connectivity index (χ0) is 12.5. The number of aromatic amines is 1. The second-order valence-corrected chi connectivity index (χ2v) is 4.63. The molecule has 18 heavy (non-hydrogen) atoms. The molecule has 0 unspecified atom stereocenters. The zero-order valence-electron chi connectivity index (χ0n) is 9.20. The van der Waals surface area contributed by atoms with Gasteiger partial charge in [-0.05, 0) is 40.2 Å². The van der Waals surface area contributed by atoms with Crippen molar-refractivity contribution in [2.75, 3.05) is 5.32 Å². The summed E-state index contributed by atoms with van der Waals surface area (Å²) in [5.41, 5.74) is 2.09. The lowest BCUT2D eigenvalue weighted by atomic mass is 10.3. The van der Waals surface area contributed by atoms with Crippen molar-refractivity contribution in [1.82, 2.24) is 4.98 Å². The first-order valence-corrected chi connectivity index (χ1v) is 6.10. The van der Waals surface area contributed by atoms with Crippen LogP contribution in [0.2, 0.25) is 0 Å². The summed E-state index contributed by atoms with van der Waals surface area (Å²) in [5.74, 6) is 0.367. The highest BCUT2D eigenvalue weighted by Crippen LogP contribution is 2.20. The zero-order valence-corrected chi connectivity index (χ0v) is 10.8. The molecule has 0 saturated carbocycles. The van der Waals surface area contributed by atoms with Crippen LogP contribution < -0.4 is 11.1 Å². The third kappa shape index (κ3) is 2.06. The van der Waals surface area contributed by atoms with E-state index in [9.17, 15) is 4.79 Å². The Morgan fingerprint density at radius 2 is 2.22 bits per heavy atom. The highest BCUT2D eigenvalue weighted by atomic mass is 79.9. The molecule has 2 heterocycles. The number of furan rings is 1. The normalized spacial score (nSPS) is 10.9. The van der Waals surface area contributed by atoms with E-state index in [1.54, 1.807) is 12.3 Å². The summed E-state index contributed by atoms with van der Waals surface area (Å²) in [6.07, 6.45) is 1.62. The van der Waals surface area contributed by atoms with E-state index >= 15 is 0 Å². The number of benzene rings is 1. The first kappa shape index (κ1) is 11.2. The summed E-state index contributed by atoms with van der Waals surface area (Å²) >= 11 is 3.39. The summed E-state index contributed by atoms with van der Waals surface area (Å²) in [4.78, 5) is 13.6. The van der Waals surface area contributed by atoms with Gasteiger partial charge in [-0.1, -0.05) is 0 Å². The van der Waals surface area contributed by atoms with Gasteiger partial charge in [0.15, 0.2) is 5.58 Å². The lowest BCUT2D eigenvalue weighted by Gasteiger charge is -2.04. The quantitative estimate of drug-likeness (QED) is 0.780. The number of anilines is 1. The number of hydrogen-bond donors (Lipinski definition) is 2. The molecule has 0 bridgehead atoms. The van der Waals surface area contributed by atoms with E-state index in [4.69, 9.17) is 8.83 Å². The van der Waals surface area contributed by atoms with Crippen LogP contribution in [0.1, 0.15) is 5.76 Å². The number of H-pyrrole nitrogens is 1. The minimum atomic E-state index is -0.448. The Kier molecular flexibility index (Phi) is 2.71. The summed E-state index contributed by atoms with van der Waals surface area (Å²) in [5, 5.41) is 3.20. The monoisotopic (exact) mass is 308 g/mol. The van der Waals surface area contributed by atoms with Gasteiger partial charge in [-0.3, -0.25) is 4.98 Å². The van der Waals surface area contributed by atoms with E-state index in [2.05, 4.69) is 26.2 Å². The van der Waals surface area contributed by atoms with Gasteiger partial charge in [-0.25, -0.2) is 4.79 Å². The van der Waals surface area contributed by atoms with Crippen LogP contribution in [-0.4, -0.2) is 4.98 Å². The molecule has 0 saturated heterocycles. The number of aromatic nitrogens is 1. The third-order valence-corrected chi connectivity index (χ3v) is 3.27. The maximum atomic E-state index is 11.0. The molecular formula is C12H9BrN2O3. The summed E-state index contributed by atoms with van der Waals surface area (Å²) in [6.45, 7) is 0.557. The van der Waals surface area contributed by atoms with Crippen LogP contribution in [0.3, 0.4) is 0 Å². The van der Waals surface area contributed by atoms with Gasteiger partial charge in [0.1, 0.15) is 5.76 Å². The predicted octanol–water partition coefficient (Wildman–Crippen LogP) is 3.09. The summed E-state index contributed by atoms with van der Waals surface area (Å²) < 4.78 is 11.1. The van der Waals surface area contributed by atoms with E-state index in [1.165, 1.54) is 0 Å². The molecule has 0 aliphatic rings. The molecule has 92 valence electrons. The number of fused-ring (bicyclic) bond motifs is 1. The number of halogens is 1. The van der Waals surface area contributed by atoms with Crippen molar-refractivity contribution >= 4 is 32.7 Å². The minimum absolute atomic E-state index is 0.448. The molecule has 2 aromatic heterocycles. The largest absolute Gasteiger partial charge is 0.466 e. The van der Waals surface area contributed by atoms with Gasteiger partial charge in [-0.15, -0.1) is 0 Å². The Hall–Kier alpha value is -1.95. The Morgan fingerprint density at radius 3 is 3.00 bits per heavy atom. The second-order valence-electron chi connectivity index (χ2n) is 3.77. The van der Waals surface area contributed by atoms with E-state index in [1.807, 2.05) is 18.2 Å². The topological polar surface area (TPSA) is 71.2 Å². The molecule has 1 aromatic carbocycles. The van der Waals surface area contributed by atoms with E-state index in [-0.39, 0.29) is 0 Å². The van der Waals surface area contributed by atoms with Crippen molar-refractivity contribution < 1.29 is 8.83 Å². The van der Waals surface area contributed by atoms with Crippen LogP contribution in [0.25, 0.3) is 11.1 Å². The van der Waals surface area contributed by atoms with Crippen LogP contribution in [0, 0.1) is 0 Å². The van der Waals surface area contributed by atoms with Crippen molar-refractivity contribution in [2.45, 2.75) is 6.54 Å². The Balaban J connectivity index is 1.82. The number of nitrogens with one attached hydrogen (secondary N) is 2. The molecule has 2 N–H and O–H groups in total. The standard InChI is InChI=1S/C12H9BrN2O3/c13-8-3-4-17-11(8)6-14-7-1-2-10-9(5-7)15-12(16)18-10/h1-5,14H,6H2,(H,15,16). The fraction of sp³-hybridized carbons (Fsp3) is 0.0833. The molecule has 0 amide bonds. The molecule has 0 fully saturated rings. The molecule has 5 nitrogen and oxygen atoms in total. The average Bonchev–Trinajstić information content (AvgIpc) is 2.90. The smallest absolute Gasteiger partial charge is 0.417 e. The number of rotatable bonds is 3. The molecule has 0 aliphatic carbocycles. The van der Waals surface area contributed by atoms with Crippen LogP contribution >= 0.6 is 15.9 Å². The fourth-order valence-electron chi connectivity index (χ4n) is 1.70. The number of oxazole rings is 1. The van der Waals surface area contributed by atoms with Gasteiger partial charge >= 0.3 is 5.76 Å². The van der Waals surface area contributed by atoms with E-state index < -0.39 is 5.76 Å². The van der Waals surface area contributed by atoms with E-state index in [0.29, 0.717) is 17.6 Å². The maximum absolute atomic E-state index is 11.0. The lowest BCUT2D eigenvalue weighted by molar-refractivity contribution is 0.516. The molecule has 6 heteroatoms. The van der Waals surface area contributed by atoms with Gasteiger partial charge in [0.2, 0.25) is 0 Å². The third-order valence-electron chi connectivity index (χ3n) is 2.56. The average molecular weight is 309 g/mol. The van der Waals surface area contributed by atoms with Crippen LogP contribution in [0.15, 0.2) is 48.6 Å². The van der Waals surface area contributed by atoms with Crippen molar-refractivity contribution in [3.8, 4) is 0 Å². The van der Waals surface area contributed by atoms with Crippen LogP contribution in [0.5, 0.6) is 0 Å². The molecular weight excluding hydrogens is 300 g/mol. The predicted molar refractivity (Wildman–Crippen MR) is 70.6 cm³/mol. The van der Waals surface area contributed by atoms with E-state index in [0.717, 1.165) is 15.9 Å². The SMILES string of the molecule is O=c1[nH]c2cc(NCc3occc3Br)ccc2o1. The van der Waals surface area contributed by atoms with Gasteiger partial charge in [0.05, 0.1) is 22.8 Å². The van der Waals surface area contributed by atoms with Gasteiger partial charge in [0.25, 0.3) is 0 Å². The molecule has 0 radical (unpaired) electrons. The van der Waals surface area contributed by atoms with Crippen molar-refractivity contribution in [2.24, 2.45) is 0 Å². The fourth-order valence-corrected chi connectivity index (χ4v) is 2.04. The molecule has 0 spiro atoms. The van der Waals surface area contributed by atoms with Gasteiger partial charge < -0.3 is 14.2 Å². The lowest BCUT2D eigenvalue weighted by Crippen LogP contribution is -1.98. The molecule has 0 aliphatic heterocycles. The number of hydrogen-bond acceptors (Lipinski definition) is 4. The van der Waals surface area contributed by atoms with Crippen molar-refractivity contribution in [1.29, 1.82) is 0 Å². The maximum Gasteiger partial charge on any atom is 0.417 e. The Labute approximate surface area is 110 Å². The molecule has 3 rings (SSSR count). The second kappa shape index (κ2) is 4.38. The highest BCUT2D eigenvalue weighted by molar-refractivity contribution is 9.10. The Morgan fingerprint density at radius 1 is 1.33 bits per heavy atom. The first-order valence-electron chi connectivity index (χ1n) is 5.31. The van der Waals surface area contributed by atoms with Crippen LogP contribution in [-0.2, 0) is 6.54 Å². The highest BCUT2D eigenvalue weighted by Gasteiger charge is 2.05. The Bertz CT molecular complexity index is 741. The van der Waals surface area contributed by atoms with Crippen LogP contribution in [0.4, 0.5) is 5.69 Å². The minimum Gasteiger partial charge on any atom is -0.466 e. The van der Waals surface area contributed by atoms with Crippen molar-refractivity contribution in [3.05, 3.63) is 51.3 Å². The van der Waals surface area contributed by atoms with Gasteiger partial charge in [-0.2, -0.15) is 0 Å². The summed E-state index contributed by atoms with van der Waals surface area (Å²) in [6, 6.07) is 7.24. The first-order chi connectivity index (χ1) is 8.72. The molecule has 3 aromatic rings.